The molecule has 0 aromatic heterocycles. The maximum absolute atomic E-state index is 12.4. The Labute approximate surface area is 121 Å². The summed E-state index contributed by atoms with van der Waals surface area (Å²) in [5.41, 5.74) is 0. The molecule has 1 fully saturated rings. The lowest BCUT2D eigenvalue weighted by molar-refractivity contribution is -0.146. The van der Waals surface area contributed by atoms with Gasteiger partial charge in [0.2, 0.25) is 6.10 Å². The molecule has 1 saturated heterocycles. The first-order valence-corrected chi connectivity index (χ1v) is 6.78. The van der Waals surface area contributed by atoms with Crippen molar-refractivity contribution in [2.75, 3.05) is 26.2 Å². The van der Waals surface area contributed by atoms with E-state index in [0.717, 1.165) is 0 Å². The highest BCUT2D eigenvalue weighted by atomic mass is 16.6. The Morgan fingerprint density at radius 3 is 2.81 bits per heavy atom. The molecular weight excluding hydrogens is 276 g/mol. The third-order valence-corrected chi connectivity index (χ3v) is 3.57. The van der Waals surface area contributed by atoms with Crippen LogP contribution in [-0.4, -0.2) is 60.3 Å². The predicted molar refractivity (Wildman–Crippen MR) is 72.4 cm³/mol. The summed E-state index contributed by atoms with van der Waals surface area (Å²) in [5, 5.41) is 11.9. The van der Waals surface area contributed by atoms with Crippen molar-refractivity contribution in [1.82, 2.24) is 10.2 Å². The van der Waals surface area contributed by atoms with Gasteiger partial charge in [-0.05, 0) is 12.1 Å². The molecular formula is C14H16N2O5. The Morgan fingerprint density at radius 1 is 1.29 bits per heavy atom. The number of benzene rings is 1. The molecule has 2 aliphatic rings. The molecule has 0 radical (unpaired) electrons. The van der Waals surface area contributed by atoms with Gasteiger partial charge in [-0.2, -0.15) is 0 Å². The molecule has 0 aliphatic carbocycles. The van der Waals surface area contributed by atoms with Crippen molar-refractivity contribution in [3.63, 3.8) is 0 Å². The Morgan fingerprint density at radius 2 is 2.05 bits per heavy atom. The van der Waals surface area contributed by atoms with Crippen LogP contribution in [0.4, 0.5) is 0 Å². The van der Waals surface area contributed by atoms with Crippen molar-refractivity contribution in [3.05, 3.63) is 24.3 Å². The molecule has 112 valence electrons. The molecule has 0 bridgehead atoms. The molecule has 0 spiro atoms. The zero-order valence-electron chi connectivity index (χ0n) is 11.3. The van der Waals surface area contributed by atoms with Crippen molar-refractivity contribution < 1.29 is 24.2 Å². The highest BCUT2D eigenvalue weighted by molar-refractivity contribution is 5.83. The second-order valence-electron chi connectivity index (χ2n) is 4.99. The van der Waals surface area contributed by atoms with Gasteiger partial charge in [-0.25, -0.2) is 0 Å². The summed E-state index contributed by atoms with van der Waals surface area (Å²) in [6.07, 6.45) is -0.729. The van der Waals surface area contributed by atoms with Crippen LogP contribution < -0.4 is 14.8 Å². The van der Waals surface area contributed by atoms with Crippen molar-refractivity contribution in [2.24, 2.45) is 0 Å². The Bertz CT molecular complexity index is 562. The first kappa shape index (κ1) is 13.7. The number of nitrogens with one attached hydrogen (secondary N) is 1. The number of fused-ring (bicyclic) bond motifs is 1. The standard InChI is InChI=1S/C14H16N2O5/c17-13(16-6-5-15-9(7-16)14(18)19)12-8-20-10-3-1-2-4-11(10)21-12/h1-4,9,12,15H,5-8H2,(H,18,19). The summed E-state index contributed by atoms with van der Waals surface area (Å²) in [5.74, 6) is -0.0480. The maximum Gasteiger partial charge on any atom is 0.322 e. The lowest BCUT2D eigenvalue weighted by Gasteiger charge is -2.35. The van der Waals surface area contributed by atoms with Crippen molar-refractivity contribution in [1.29, 1.82) is 0 Å². The number of rotatable bonds is 2. The lowest BCUT2D eigenvalue weighted by Crippen LogP contribution is -2.58. The van der Waals surface area contributed by atoms with Crippen molar-refractivity contribution in [3.8, 4) is 11.5 Å². The minimum absolute atomic E-state index is 0.135. The average molecular weight is 292 g/mol. The van der Waals surface area contributed by atoms with E-state index >= 15 is 0 Å². The number of carbonyl (C=O) groups is 2. The molecule has 7 heteroatoms. The van der Waals surface area contributed by atoms with Gasteiger partial charge in [0.05, 0.1) is 0 Å². The fourth-order valence-electron chi connectivity index (χ4n) is 2.46. The first-order chi connectivity index (χ1) is 10.1. The predicted octanol–water partition coefficient (Wildman–Crippen LogP) is -0.289. The molecule has 2 atom stereocenters. The molecule has 2 aliphatic heterocycles. The molecule has 7 nitrogen and oxygen atoms in total. The van der Waals surface area contributed by atoms with Crippen LogP contribution in [0, 0.1) is 0 Å². The molecule has 0 saturated carbocycles. The molecule has 1 aromatic carbocycles. The van der Waals surface area contributed by atoms with Gasteiger partial charge in [0, 0.05) is 19.6 Å². The average Bonchev–Trinajstić information content (AvgIpc) is 2.53. The summed E-state index contributed by atoms with van der Waals surface area (Å²) in [6, 6.07) is 6.42. The number of nitrogens with zero attached hydrogens (tertiary/aromatic N) is 1. The molecule has 1 aromatic rings. The van der Waals surface area contributed by atoms with Gasteiger partial charge in [-0.3, -0.25) is 9.59 Å². The van der Waals surface area contributed by atoms with E-state index in [4.69, 9.17) is 14.6 Å². The van der Waals surface area contributed by atoms with Crippen LogP contribution in [0.5, 0.6) is 11.5 Å². The van der Waals surface area contributed by atoms with E-state index in [0.29, 0.717) is 24.6 Å². The SMILES string of the molecule is O=C(O)C1CN(C(=O)C2COc3ccccc3O2)CCN1. The van der Waals surface area contributed by atoms with Crippen LogP contribution in [0.25, 0.3) is 0 Å². The summed E-state index contributed by atoms with van der Waals surface area (Å²) >= 11 is 0. The number of hydrogen-bond donors (Lipinski definition) is 2. The lowest BCUT2D eigenvalue weighted by atomic mass is 10.2. The fraction of sp³-hybridized carbons (Fsp3) is 0.429. The summed E-state index contributed by atoms with van der Waals surface area (Å²) in [7, 11) is 0. The second-order valence-corrected chi connectivity index (χ2v) is 4.99. The molecule has 1 amide bonds. The first-order valence-electron chi connectivity index (χ1n) is 6.78. The fourth-order valence-corrected chi connectivity index (χ4v) is 2.46. The van der Waals surface area contributed by atoms with E-state index < -0.39 is 18.1 Å². The van der Waals surface area contributed by atoms with E-state index in [9.17, 15) is 9.59 Å². The van der Waals surface area contributed by atoms with Gasteiger partial charge in [0.15, 0.2) is 11.5 Å². The number of piperazine rings is 1. The largest absolute Gasteiger partial charge is 0.485 e. The van der Waals surface area contributed by atoms with Gasteiger partial charge < -0.3 is 24.8 Å². The van der Waals surface area contributed by atoms with Gasteiger partial charge in [0.1, 0.15) is 12.6 Å². The smallest absolute Gasteiger partial charge is 0.322 e. The van der Waals surface area contributed by atoms with Crippen LogP contribution in [0.3, 0.4) is 0 Å². The number of carboxylic acids is 1. The highest BCUT2D eigenvalue weighted by Gasteiger charge is 2.34. The van der Waals surface area contributed by atoms with Gasteiger partial charge in [0.25, 0.3) is 5.91 Å². The number of hydrogen-bond acceptors (Lipinski definition) is 5. The van der Waals surface area contributed by atoms with Crippen LogP contribution in [0.2, 0.25) is 0 Å². The van der Waals surface area contributed by atoms with Crippen LogP contribution in [0.1, 0.15) is 0 Å². The molecule has 2 N–H and O–H groups in total. The van der Waals surface area contributed by atoms with Gasteiger partial charge >= 0.3 is 5.97 Å². The van der Waals surface area contributed by atoms with E-state index in [-0.39, 0.29) is 19.1 Å². The monoisotopic (exact) mass is 292 g/mol. The van der Waals surface area contributed by atoms with Crippen LogP contribution in [-0.2, 0) is 9.59 Å². The Balaban J connectivity index is 1.67. The normalized spacial score (nSPS) is 24.5. The van der Waals surface area contributed by atoms with E-state index in [1.165, 1.54) is 4.90 Å². The Hall–Kier alpha value is -2.28. The van der Waals surface area contributed by atoms with E-state index in [1.54, 1.807) is 18.2 Å². The minimum Gasteiger partial charge on any atom is -0.485 e. The molecule has 3 rings (SSSR count). The van der Waals surface area contributed by atoms with Crippen LogP contribution in [0.15, 0.2) is 24.3 Å². The van der Waals surface area contributed by atoms with E-state index in [1.807, 2.05) is 6.07 Å². The van der Waals surface area contributed by atoms with Crippen molar-refractivity contribution in [2.45, 2.75) is 12.1 Å². The summed E-state index contributed by atoms with van der Waals surface area (Å²) < 4.78 is 11.2. The molecule has 2 heterocycles. The van der Waals surface area contributed by atoms with E-state index in [2.05, 4.69) is 5.32 Å². The summed E-state index contributed by atoms with van der Waals surface area (Å²) in [6.45, 7) is 1.18. The number of carboxylic acid groups (broad SMARTS) is 1. The zero-order chi connectivity index (χ0) is 14.8. The maximum atomic E-state index is 12.4. The van der Waals surface area contributed by atoms with Gasteiger partial charge in [-0.15, -0.1) is 0 Å². The van der Waals surface area contributed by atoms with Crippen molar-refractivity contribution >= 4 is 11.9 Å². The number of para-hydroxylation sites is 2. The number of aliphatic carboxylic acids is 1. The topological polar surface area (TPSA) is 88.1 Å². The van der Waals surface area contributed by atoms with Gasteiger partial charge in [-0.1, -0.05) is 12.1 Å². The molecule has 2 unspecified atom stereocenters. The highest BCUT2D eigenvalue weighted by Crippen LogP contribution is 2.31. The van der Waals surface area contributed by atoms with Crippen LogP contribution >= 0.6 is 0 Å². The number of ether oxygens (including phenoxy) is 2. The number of amides is 1. The third-order valence-electron chi connectivity index (χ3n) is 3.57. The number of carbonyl (C=O) groups excluding carboxylic acids is 1. The minimum atomic E-state index is -0.960. The Kier molecular flexibility index (Phi) is 3.66. The quantitative estimate of drug-likeness (QED) is 0.779. The summed E-state index contributed by atoms with van der Waals surface area (Å²) in [4.78, 5) is 24.9. The molecule has 21 heavy (non-hydrogen) atoms. The zero-order valence-corrected chi connectivity index (χ0v) is 11.3. The second kappa shape index (κ2) is 5.61. The third kappa shape index (κ3) is 2.78.